The quantitative estimate of drug-likeness (QED) is 0.843. The molecule has 0 radical (unpaired) electrons. The van der Waals surface area contributed by atoms with Gasteiger partial charge in [0.2, 0.25) is 10.0 Å². The first-order chi connectivity index (χ1) is 9.86. The molecular weight excluding hydrogens is 326 g/mol. The van der Waals surface area contributed by atoms with Gasteiger partial charge in [-0.3, -0.25) is 4.79 Å². The van der Waals surface area contributed by atoms with E-state index in [0.29, 0.717) is 18.7 Å². The van der Waals surface area contributed by atoms with Crippen molar-refractivity contribution in [2.75, 3.05) is 20.1 Å². The Kier molecular flexibility index (Phi) is 6.37. The predicted octanol–water partition coefficient (Wildman–Crippen LogP) is 0.826. The second kappa shape index (κ2) is 7.41. The minimum Gasteiger partial charge on any atom is -0.355 e. The maximum absolute atomic E-state index is 12.5. The normalized spacial score (nSPS) is 20.2. The van der Waals surface area contributed by atoms with Crippen LogP contribution in [0, 0.1) is 5.92 Å². The minimum absolute atomic E-state index is 0. The highest BCUT2D eigenvalue weighted by Crippen LogP contribution is 2.25. The molecule has 0 spiro atoms. The molecule has 6 nitrogen and oxygen atoms in total. The third-order valence-electron chi connectivity index (χ3n) is 3.91. The summed E-state index contributed by atoms with van der Waals surface area (Å²) in [5.41, 5.74) is 6.28. The lowest BCUT2D eigenvalue weighted by molar-refractivity contribution is 0.0963. The van der Waals surface area contributed by atoms with Crippen molar-refractivity contribution in [1.29, 1.82) is 0 Å². The van der Waals surface area contributed by atoms with Crippen LogP contribution in [-0.4, -0.2) is 44.8 Å². The van der Waals surface area contributed by atoms with Gasteiger partial charge in [-0.1, -0.05) is 0 Å². The number of hydrogen-bond donors (Lipinski definition) is 2. The number of benzene rings is 1. The number of carbonyl (C=O) groups is 1. The van der Waals surface area contributed by atoms with Gasteiger partial charge in [0.15, 0.2) is 0 Å². The van der Waals surface area contributed by atoms with Crippen LogP contribution >= 0.6 is 12.4 Å². The van der Waals surface area contributed by atoms with Crippen LogP contribution < -0.4 is 11.1 Å². The Bertz CT molecular complexity index is 617. The maximum Gasteiger partial charge on any atom is 0.251 e. The van der Waals surface area contributed by atoms with Crippen LogP contribution in [-0.2, 0) is 10.0 Å². The average molecular weight is 348 g/mol. The zero-order valence-electron chi connectivity index (χ0n) is 12.7. The number of nitrogens with zero attached hydrogens (tertiary/aromatic N) is 1. The Morgan fingerprint density at radius 2 is 1.95 bits per heavy atom. The van der Waals surface area contributed by atoms with E-state index in [1.807, 2.05) is 6.92 Å². The number of carbonyl (C=O) groups excluding carboxylic acids is 1. The second-order valence-electron chi connectivity index (χ2n) is 5.37. The summed E-state index contributed by atoms with van der Waals surface area (Å²) in [6.45, 7) is 2.85. The van der Waals surface area contributed by atoms with E-state index in [1.54, 1.807) is 0 Å². The van der Waals surface area contributed by atoms with E-state index in [9.17, 15) is 13.2 Å². The van der Waals surface area contributed by atoms with Crippen LogP contribution in [0.3, 0.4) is 0 Å². The van der Waals surface area contributed by atoms with Gasteiger partial charge in [0.1, 0.15) is 0 Å². The van der Waals surface area contributed by atoms with Crippen LogP contribution in [0.2, 0.25) is 0 Å². The van der Waals surface area contributed by atoms with Crippen molar-refractivity contribution in [3.63, 3.8) is 0 Å². The fraction of sp³-hybridized carbons (Fsp3) is 0.500. The fourth-order valence-corrected chi connectivity index (χ4v) is 3.98. The summed E-state index contributed by atoms with van der Waals surface area (Å²) in [6, 6.07) is 5.97. The molecule has 8 heteroatoms. The van der Waals surface area contributed by atoms with Crippen LogP contribution in [0.4, 0.5) is 0 Å². The van der Waals surface area contributed by atoms with Gasteiger partial charge in [-0.15, -0.1) is 12.4 Å². The molecule has 1 amide bonds. The highest BCUT2D eigenvalue weighted by Gasteiger charge is 2.33. The van der Waals surface area contributed by atoms with Crippen LogP contribution in [0.25, 0.3) is 0 Å². The van der Waals surface area contributed by atoms with Crippen LogP contribution in [0.5, 0.6) is 0 Å². The monoisotopic (exact) mass is 347 g/mol. The van der Waals surface area contributed by atoms with E-state index >= 15 is 0 Å². The van der Waals surface area contributed by atoms with Crippen molar-refractivity contribution in [1.82, 2.24) is 9.62 Å². The van der Waals surface area contributed by atoms with Gasteiger partial charge in [0, 0.05) is 31.7 Å². The number of nitrogens with one attached hydrogen (secondary N) is 1. The van der Waals surface area contributed by atoms with E-state index in [4.69, 9.17) is 5.73 Å². The summed E-state index contributed by atoms with van der Waals surface area (Å²) in [5.74, 6) is -0.0398. The van der Waals surface area contributed by atoms with E-state index in [-0.39, 0.29) is 35.2 Å². The molecule has 1 fully saturated rings. The molecular formula is C14H22ClN3O3S. The Morgan fingerprint density at radius 1 is 1.36 bits per heavy atom. The number of sulfonamides is 1. The first-order valence-corrected chi connectivity index (χ1v) is 8.38. The molecule has 0 saturated carbocycles. The minimum atomic E-state index is -3.51. The lowest BCUT2D eigenvalue weighted by Gasteiger charge is -2.18. The molecule has 3 N–H and O–H groups in total. The first-order valence-electron chi connectivity index (χ1n) is 6.94. The summed E-state index contributed by atoms with van der Waals surface area (Å²) in [7, 11) is -1.98. The summed E-state index contributed by atoms with van der Waals surface area (Å²) in [6.07, 6.45) is 0.785. The van der Waals surface area contributed by atoms with Crippen molar-refractivity contribution >= 4 is 28.3 Å². The van der Waals surface area contributed by atoms with Gasteiger partial charge < -0.3 is 11.1 Å². The number of halogens is 1. The lowest BCUT2D eigenvalue weighted by atomic mass is 10.0. The molecule has 1 aromatic rings. The summed E-state index contributed by atoms with van der Waals surface area (Å²) in [5, 5.41) is 2.50. The van der Waals surface area contributed by atoms with Gasteiger partial charge in [-0.2, -0.15) is 4.31 Å². The molecule has 1 saturated heterocycles. The van der Waals surface area contributed by atoms with Gasteiger partial charge in [0.05, 0.1) is 4.90 Å². The highest BCUT2D eigenvalue weighted by molar-refractivity contribution is 7.89. The zero-order chi connectivity index (χ0) is 15.6. The topological polar surface area (TPSA) is 92.5 Å². The van der Waals surface area contributed by atoms with E-state index in [0.717, 1.165) is 6.42 Å². The maximum atomic E-state index is 12.5. The number of rotatable bonds is 4. The van der Waals surface area contributed by atoms with Crippen LogP contribution in [0.15, 0.2) is 29.2 Å². The first kappa shape index (κ1) is 18.9. The second-order valence-corrected chi connectivity index (χ2v) is 7.31. The molecule has 2 rings (SSSR count). The molecule has 0 bridgehead atoms. The van der Waals surface area contributed by atoms with Gasteiger partial charge >= 0.3 is 0 Å². The van der Waals surface area contributed by atoms with Gasteiger partial charge in [-0.05, 0) is 43.5 Å². The molecule has 22 heavy (non-hydrogen) atoms. The van der Waals surface area contributed by atoms with Crippen molar-refractivity contribution in [3.05, 3.63) is 29.8 Å². The average Bonchev–Trinajstić information content (AvgIpc) is 2.97. The zero-order valence-corrected chi connectivity index (χ0v) is 14.3. The molecule has 0 aromatic heterocycles. The molecule has 1 aromatic carbocycles. The van der Waals surface area contributed by atoms with Crippen molar-refractivity contribution in [2.45, 2.75) is 24.3 Å². The Hall–Kier alpha value is -1.15. The molecule has 1 aliphatic heterocycles. The van der Waals surface area contributed by atoms with Crippen molar-refractivity contribution in [2.24, 2.45) is 11.7 Å². The highest BCUT2D eigenvalue weighted by atomic mass is 35.5. The lowest BCUT2D eigenvalue weighted by Crippen LogP contribution is -2.33. The SMILES string of the molecule is CNC(=O)c1ccc(S(=O)(=O)N2CCC(C(C)N)C2)cc1.Cl. The molecule has 2 unspecified atom stereocenters. The van der Waals surface area contributed by atoms with E-state index in [2.05, 4.69) is 5.32 Å². The molecule has 0 aliphatic carbocycles. The third-order valence-corrected chi connectivity index (χ3v) is 5.79. The van der Waals surface area contributed by atoms with Crippen LogP contribution in [0.1, 0.15) is 23.7 Å². The standard InChI is InChI=1S/C14H21N3O3S.ClH/c1-10(15)12-7-8-17(9-12)21(19,20)13-5-3-11(4-6-13)14(18)16-2;/h3-6,10,12H,7-9,15H2,1-2H3,(H,16,18);1H. The Morgan fingerprint density at radius 3 is 2.41 bits per heavy atom. The van der Waals surface area contributed by atoms with Crippen molar-refractivity contribution in [3.8, 4) is 0 Å². The molecule has 1 heterocycles. The summed E-state index contributed by atoms with van der Waals surface area (Å²) >= 11 is 0. The number of nitrogens with two attached hydrogens (primary N) is 1. The molecule has 124 valence electrons. The molecule has 1 aliphatic rings. The Balaban J connectivity index is 0.00000242. The van der Waals surface area contributed by atoms with Gasteiger partial charge in [0.25, 0.3) is 5.91 Å². The smallest absolute Gasteiger partial charge is 0.251 e. The largest absolute Gasteiger partial charge is 0.355 e. The van der Waals surface area contributed by atoms with E-state index in [1.165, 1.54) is 35.6 Å². The number of amides is 1. The predicted molar refractivity (Wildman–Crippen MR) is 87.6 cm³/mol. The summed E-state index contributed by atoms with van der Waals surface area (Å²) < 4.78 is 26.5. The number of hydrogen-bond acceptors (Lipinski definition) is 4. The van der Waals surface area contributed by atoms with Gasteiger partial charge in [-0.25, -0.2) is 8.42 Å². The van der Waals surface area contributed by atoms with E-state index < -0.39 is 10.0 Å². The third kappa shape index (κ3) is 3.78. The fourth-order valence-electron chi connectivity index (χ4n) is 2.47. The molecule has 2 atom stereocenters. The van der Waals surface area contributed by atoms with Crippen molar-refractivity contribution < 1.29 is 13.2 Å². The Labute approximate surface area is 137 Å². The summed E-state index contributed by atoms with van der Waals surface area (Å²) in [4.78, 5) is 11.7.